The number of nitrogens with one attached hydrogen (secondary N) is 1. The summed E-state index contributed by atoms with van der Waals surface area (Å²) in [5, 5.41) is 3.27. The lowest BCUT2D eigenvalue weighted by molar-refractivity contribution is -0.146. The molecule has 0 saturated carbocycles. The first kappa shape index (κ1) is 18.8. The average molecular weight is 543 g/mol. The summed E-state index contributed by atoms with van der Waals surface area (Å²) < 4.78 is 12.4. The minimum absolute atomic E-state index is 0.0858. The smallest absolute Gasteiger partial charge is 0.329 e. The third-order valence-corrected chi connectivity index (χ3v) is 5.20. The van der Waals surface area contributed by atoms with Crippen LogP contribution in [0.5, 0.6) is 0 Å². The summed E-state index contributed by atoms with van der Waals surface area (Å²) in [4.78, 5) is 24.0. The monoisotopic (exact) mass is 543 g/mol. The molecule has 2 unspecified atom stereocenters. The predicted molar refractivity (Wildman–Crippen MR) is 105 cm³/mol. The van der Waals surface area contributed by atoms with Crippen LogP contribution in [-0.2, 0) is 19.1 Å². The standard InChI is InChI=1S/C16H19I2NO4/c1-3-22-13(20)6-5-10-14-11(18)7-9(17)8-12(14)19-15(10)16(21)23-4-2/h7-8,10,15,19H,3-6H2,1-2H3. The van der Waals surface area contributed by atoms with Gasteiger partial charge in [0.2, 0.25) is 0 Å². The molecule has 0 radical (unpaired) electrons. The van der Waals surface area contributed by atoms with Gasteiger partial charge in [0.25, 0.3) is 0 Å². The fourth-order valence-electron chi connectivity index (χ4n) is 2.79. The van der Waals surface area contributed by atoms with Crippen molar-refractivity contribution >= 4 is 62.8 Å². The fraction of sp³-hybridized carbons (Fsp3) is 0.500. The molecular formula is C16H19I2NO4. The van der Waals surface area contributed by atoms with Crippen molar-refractivity contribution in [2.24, 2.45) is 0 Å². The Morgan fingerprint density at radius 3 is 2.52 bits per heavy atom. The second-order valence-corrected chi connectivity index (χ2v) is 7.58. The Bertz CT molecular complexity index is 606. The zero-order valence-electron chi connectivity index (χ0n) is 13.0. The molecule has 1 aromatic rings. The molecule has 1 aliphatic rings. The summed E-state index contributed by atoms with van der Waals surface area (Å²) in [6.07, 6.45) is 0.844. The zero-order chi connectivity index (χ0) is 17.0. The van der Waals surface area contributed by atoms with Crippen molar-refractivity contribution in [3.05, 3.63) is 24.8 Å². The lowest BCUT2D eigenvalue weighted by Gasteiger charge is -2.19. The number of esters is 2. The van der Waals surface area contributed by atoms with Crippen LogP contribution in [0.25, 0.3) is 0 Å². The van der Waals surface area contributed by atoms with Gasteiger partial charge in [-0.2, -0.15) is 0 Å². The van der Waals surface area contributed by atoms with Crippen LogP contribution in [-0.4, -0.2) is 31.2 Å². The molecule has 1 aromatic carbocycles. The van der Waals surface area contributed by atoms with Crippen LogP contribution in [0.3, 0.4) is 0 Å². The number of fused-ring (bicyclic) bond motifs is 1. The van der Waals surface area contributed by atoms with E-state index < -0.39 is 6.04 Å². The molecule has 0 spiro atoms. The Labute approximate surface area is 163 Å². The van der Waals surface area contributed by atoms with Gasteiger partial charge >= 0.3 is 11.9 Å². The lowest BCUT2D eigenvalue weighted by atomic mass is 9.90. The summed E-state index contributed by atoms with van der Waals surface area (Å²) in [6.45, 7) is 4.29. The lowest BCUT2D eigenvalue weighted by Crippen LogP contribution is -2.33. The molecule has 0 fully saturated rings. The number of anilines is 1. The molecule has 23 heavy (non-hydrogen) atoms. The largest absolute Gasteiger partial charge is 0.466 e. The summed E-state index contributed by atoms with van der Waals surface area (Å²) in [6, 6.07) is 3.65. The SMILES string of the molecule is CCOC(=O)CCC1c2c(I)cc(I)cc2NC1C(=O)OCC. The van der Waals surface area contributed by atoms with Crippen molar-refractivity contribution in [1.82, 2.24) is 0 Å². The van der Waals surface area contributed by atoms with E-state index in [9.17, 15) is 9.59 Å². The minimum Gasteiger partial charge on any atom is -0.466 e. The Kier molecular flexibility index (Phi) is 6.93. The van der Waals surface area contributed by atoms with Gasteiger partial charge in [0, 0.05) is 25.2 Å². The predicted octanol–water partition coefficient (Wildman–Crippen LogP) is 3.68. The topological polar surface area (TPSA) is 64.6 Å². The van der Waals surface area contributed by atoms with E-state index in [2.05, 4.69) is 56.6 Å². The fourth-order valence-corrected chi connectivity index (χ4v) is 5.03. The number of carbonyl (C=O) groups excluding carboxylic acids is 2. The molecule has 0 saturated heterocycles. The van der Waals surface area contributed by atoms with Crippen LogP contribution in [0, 0.1) is 7.14 Å². The first-order chi connectivity index (χ1) is 11.0. The number of hydrogen-bond donors (Lipinski definition) is 1. The van der Waals surface area contributed by atoms with Gasteiger partial charge < -0.3 is 14.8 Å². The Morgan fingerprint density at radius 2 is 1.87 bits per heavy atom. The van der Waals surface area contributed by atoms with Crippen molar-refractivity contribution in [3.63, 3.8) is 0 Å². The normalized spacial score (nSPS) is 19.0. The summed E-state index contributed by atoms with van der Waals surface area (Å²) in [7, 11) is 0. The van der Waals surface area contributed by atoms with Gasteiger partial charge in [-0.1, -0.05) is 0 Å². The van der Waals surface area contributed by atoms with Crippen LogP contribution in [0.15, 0.2) is 12.1 Å². The summed E-state index contributed by atoms with van der Waals surface area (Å²) in [5.41, 5.74) is 2.04. The quantitative estimate of drug-likeness (QED) is 0.439. The maximum atomic E-state index is 12.3. The van der Waals surface area contributed by atoms with Gasteiger partial charge in [0.15, 0.2) is 0 Å². The van der Waals surface area contributed by atoms with Crippen molar-refractivity contribution in [2.45, 2.75) is 38.6 Å². The van der Waals surface area contributed by atoms with Crippen LogP contribution >= 0.6 is 45.2 Å². The molecule has 1 N–H and O–H groups in total. The molecular weight excluding hydrogens is 524 g/mol. The van der Waals surface area contributed by atoms with Crippen LogP contribution in [0.4, 0.5) is 5.69 Å². The highest BCUT2D eigenvalue weighted by atomic mass is 127. The molecule has 126 valence electrons. The van der Waals surface area contributed by atoms with Gasteiger partial charge in [-0.05, 0) is 83.1 Å². The van der Waals surface area contributed by atoms with E-state index in [4.69, 9.17) is 9.47 Å². The molecule has 0 amide bonds. The molecule has 0 aliphatic carbocycles. The molecule has 7 heteroatoms. The van der Waals surface area contributed by atoms with E-state index >= 15 is 0 Å². The van der Waals surface area contributed by atoms with E-state index in [0.29, 0.717) is 19.6 Å². The summed E-state index contributed by atoms with van der Waals surface area (Å²) in [5.74, 6) is -0.593. The van der Waals surface area contributed by atoms with Crippen LogP contribution in [0.2, 0.25) is 0 Å². The number of halogens is 2. The maximum absolute atomic E-state index is 12.3. The van der Waals surface area contributed by atoms with Crippen LogP contribution < -0.4 is 5.32 Å². The number of benzene rings is 1. The minimum atomic E-state index is -0.453. The van der Waals surface area contributed by atoms with Crippen molar-refractivity contribution < 1.29 is 19.1 Å². The van der Waals surface area contributed by atoms with Gasteiger partial charge in [0.1, 0.15) is 6.04 Å². The van der Waals surface area contributed by atoms with E-state index in [1.807, 2.05) is 6.07 Å². The third-order valence-electron chi connectivity index (χ3n) is 3.68. The zero-order valence-corrected chi connectivity index (χ0v) is 17.3. The second kappa shape index (κ2) is 8.50. The number of rotatable bonds is 6. The highest BCUT2D eigenvalue weighted by Gasteiger charge is 2.39. The average Bonchev–Trinajstić information content (AvgIpc) is 2.84. The first-order valence-electron chi connectivity index (χ1n) is 7.55. The third kappa shape index (κ3) is 4.49. The molecule has 1 heterocycles. The highest BCUT2D eigenvalue weighted by molar-refractivity contribution is 14.1. The van der Waals surface area contributed by atoms with Gasteiger partial charge in [0.05, 0.1) is 13.2 Å². The van der Waals surface area contributed by atoms with E-state index in [1.54, 1.807) is 13.8 Å². The summed E-state index contributed by atoms with van der Waals surface area (Å²) >= 11 is 4.54. The Hall–Kier alpha value is -0.580. The van der Waals surface area contributed by atoms with Gasteiger partial charge in [-0.15, -0.1) is 0 Å². The van der Waals surface area contributed by atoms with E-state index in [-0.39, 0.29) is 24.3 Å². The Morgan fingerprint density at radius 1 is 1.17 bits per heavy atom. The maximum Gasteiger partial charge on any atom is 0.329 e. The molecule has 2 rings (SSSR count). The van der Waals surface area contributed by atoms with Crippen LogP contribution in [0.1, 0.15) is 38.2 Å². The van der Waals surface area contributed by atoms with Crippen molar-refractivity contribution in [1.29, 1.82) is 0 Å². The molecule has 0 aromatic heterocycles. The molecule has 0 bridgehead atoms. The second-order valence-electron chi connectivity index (χ2n) is 5.17. The van der Waals surface area contributed by atoms with Crippen molar-refractivity contribution in [2.75, 3.05) is 18.5 Å². The number of carbonyl (C=O) groups is 2. The van der Waals surface area contributed by atoms with Gasteiger partial charge in [-0.3, -0.25) is 4.79 Å². The highest BCUT2D eigenvalue weighted by Crippen LogP contribution is 2.42. The molecule has 5 nitrogen and oxygen atoms in total. The van der Waals surface area contributed by atoms with Gasteiger partial charge in [-0.25, -0.2) is 4.79 Å². The van der Waals surface area contributed by atoms with E-state index in [1.165, 1.54) is 0 Å². The molecule has 1 aliphatic heterocycles. The van der Waals surface area contributed by atoms with E-state index in [0.717, 1.165) is 18.4 Å². The number of ether oxygens (including phenoxy) is 2. The Balaban J connectivity index is 2.25. The molecule has 2 atom stereocenters. The number of hydrogen-bond acceptors (Lipinski definition) is 5. The van der Waals surface area contributed by atoms with Crippen molar-refractivity contribution in [3.8, 4) is 0 Å². The first-order valence-corrected chi connectivity index (χ1v) is 9.71.